The maximum atomic E-state index is 2.33. The SMILES string of the molecule is CN(c1ccc(-c2ccccc2)cc1)c1ccc(N(c2ccc(-c3ccccc3)cc2)c2ccc3ccccc3c2)cc1. The van der Waals surface area contributed by atoms with Gasteiger partial charge in [-0.05, 0) is 93.7 Å². The van der Waals surface area contributed by atoms with E-state index in [1.54, 1.807) is 0 Å². The van der Waals surface area contributed by atoms with Crippen LogP contribution in [0.5, 0.6) is 0 Å². The van der Waals surface area contributed by atoms with Crippen LogP contribution in [0.25, 0.3) is 33.0 Å². The monoisotopic (exact) mass is 552 g/mol. The van der Waals surface area contributed by atoms with Gasteiger partial charge in [-0.25, -0.2) is 0 Å². The molecule has 0 spiro atoms. The first kappa shape index (κ1) is 26.3. The summed E-state index contributed by atoms with van der Waals surface area (Å²) in [6.07, 6.45) is 0. The van der Waals surface area contributed by atoms with Crippen LogP contribution in [0, 0.1) is 0 Å². The molecular formula is C41H32N2. The molecule has 0 atom stereocenters. The lowest BCUT2D eigenvalue weighted by molar-refractivity contribution is 1.20. The second-order valence-corrected chi connectivity index (χ2v) is 10.8. The normalized spacial score (nSPS) is 10.9. The summed E-state index contributed by atoms with van der Waals surface area (Å²) in [7, 11) is 2.12. The third-order valence-electron chi connectivity index (χ3n) is 8.08. The van der Waals surface area contributed by atoms with Crippen LogP contribution in [-0.4, -0.2) is 7.05 Å². The van der Waals surface area contributed by atoms with Crippen LogP contribution in [0.4, 0.5) is 28.4 Å². The van der Waals surface area contributed by atoms with Gasteiger partial charge in [0.1, 0.15) is 0 Å². The third-order valence-corrected chi connectivity index (χ3v) is 8.08. The molecule has 0 aromatic heterocycles. The Hall–Kier alpha value is -5.60. The number of anilines is 5. The summed E-state index contributed by atoms with van der Waals surface area (Å²) in [5, 5.41) is 2.46. The van der Waals surface area contributed by atoms with Gasteiger partial charge < -0.3 is 9.80 Å². The summed E-state index contributed by atoms with van der Waals surface area (Å²) >= 11 is 0. The van der Waals surface area contributed by atoms with Gasteiger partial charge in [-0.2, -0.15) is 0 Å². The van der Waals surface area contributed by atoms with E-state index in [-0.39, 0.29) is 0 Å². The van der Waals surface area contributed by atoms with Crippen molar-refractivity contribution in [2.75, 3.05) is 16.8 Å². The molecule has 0 aliphatic heterocycles. The van der Waals surface area contributed by atoms with Gasteiger partial charge in [-0.1, -0.05) is 115 Å². The lowest BCUT2D eigenvalue weighted by Crippen LogP contribution is -2.12. The lowest BCUT2D eigenvalue weighted by atomic mass is 10.0. The molecule has 0 fully saturated rings. The van der Waals surface area contributed by atoms with Gasteiger partial charge in [0.15, 0.2) is 0 Å². The molecule has 0 unspecified atom stereocenters. The molecule has 43 heavy (non-hydrogen) atoms. The van der Waals surface area contributed by atoms with Gasteiger partial charge in [-0.15, -0.1) is 0 Å². The van der Waals surface area contributed by atoms with E-state index >= 15 is 0 Å². The molecular weight excluding hydrogens is 520 g/mol. The average Bonchev–Trinajstić information content (AvgIpc) is 3.09. The van der Waals surface area contributed by atoms with Crippen LogP contribution in [0.2, 0.25) is 0 Å². The number of hydrogen-bond acceptors (Lipinski definition) is 2. The highest BCUT2D eigenvalue weighted by atomic mass is 15.1. The Labute approximate surface area is 253 Å². The van der Waals surface area contributed by atoms with Gasteiger partial charge in [0, 0.05) is 35.5 Å². The Morgan fingerprint density at radius 3 is 1.21 bits per heavy atom. The van der Waals surface area contributed by atoms with Gasteiger partial charge in [-0.3, -0.25) is 0 Å². The molecule has 2 heteroatoms. The number of hydrogen-bond donors (Lipinski definition) is 0. The number of benzene rings is 7. The zero-order chi connectivity index (χ0) is 29.0. The predicted molar refractivity (Wildman–Crippen MR) is 184 cm³/mol. The molecule has 0 heterocycles. The standard InChI is InChI=1S/C41H32N2/c1-42(37-21-16-34(17-22-37)31-10-4-2-5-11-31)38-26-28-40(29-27-38)43(41-25-20-33-14-8-9-15-36(33)30-41)39-23-18-35(19-24-39)32-12-6-3-7-13-32/h2-30H,1H3. The van der Waals surface area contributed by atoms with Crippen molar-refractivity contribution < 1.29 is 0 Å². The predicted octanol–water partition coefficient (Wildman–Crippen LogP) is 11.4. The van der Waals surface area contributed by atoms with Crippen LogP contribution < -0.4 is 9.80 Å². The molecule has 0 saturated carbocycles. The molecule has 0 saturated heterocycles. The summed E-state index contributed by atoms with van der Waals surface area (Å²) in [4.78, 5) is 4.56. The highest BCUT2D eigenvalue weighted by Gasteiger charge is 2.14. The zero-order valence-corrected chi connectivity index (χ0v) is 24.1. The third kappa shape index (κ3) is 5.51. The van der Waals surface area contributed by atoms with Gasteiger partial charge >= 0.3 is 0 Å². The van der Waals surface area contributed by atoms with Crippen molar-refractivity contribution in [3.8, 4) is 22.3 Å². The van der Waals surface area contributed by atoms with Crippen molar-refractivity contribution in [2.24, 2.45) is 0 Å². The van der Waals surface area contributed by atoms with E-state index in [0.29, 0.717) is 0 Å². The van der Waals surface area contributed by atoms with Crippen molar-refractivity contribution in [3.05, 3.63) is 176 Å². The van der Waals surface area contributed by atoms with Gasteiger partial charge in [0.25, 0.3) is 0 Å². The molecule has 206 valence electrons. The Kier molecular flexibility index (Phi) is 7.17. The second-order valence-electron chi connectivity index (χ2n) is 10.8. The zero-order valence-electron chi connectivity index (χ0n) is 24.1. The fourth-order valence-electron chi connectivity index (χ4n) is 5.68. The Bertz CT molecular complexity index is 1940. The van der Waals surface area contributed by atoms with E-state index in [2.05, 4.69) is 193 Å². The molecule has 0 aliphatic carbocycles. The molecule has 2 nitrogen and oxygen atoms in total. The van der Waals surface area contributed by atoms with E-state index in [0.717, 1.165) is 28.4 Å². The largest absolute Gasteiger partial charge is 0.345 e. The van der Waals surface area contributed by atoms with Crippen LogP contribution in [-0.2, 0) is 0 Å². The van der Waals surface area contributed by atoms with E-state index in [9.17, 15) is 0 Å². The number of nitrogens with zero attached hydrogens (tertiary/aromatic N) is 2. The maximum absolute atomic E-state index is 2.33. The first-order valence-corrected chi connectivity index (χ1v) is 14.7. The fraction of sp³-hybridized carbons (Fsp3) is 0.0244. The fourth-order valence-corrected chi connectivity index (χ4v) is 5.68. The van der Waals surface area contributed by atoms with E-state index < -0.39 is 0 Å². The summed E-state index contributed by atoms with van der Waals surface area (Å²) in [5.74, 6) is 0. The molecule has 0 amide bonds. The van der Waals surface area contributed by atoms with Crippen molar-refractivity contribution >= 4 is 39.2 Å². The van der Waals surface area contributed by atoms with E-state index in [1.165, 1.54) is 33.0 Å². The van der Waals surface area contributed by atoms with Crippen LogP contribution in [0.1, 0.15) is 0 Å². The Morgan fingerprint density at radius 2 is 0.674 bits per heavy atom. The van der Waals surface area contributed by atoms with Crippen LogP contribution >= 0.6 is 0 Å². The first-order chi connectivity index (χ1) is 21.2. The summed E-state index contributed by atoms with van der Waals surface area (Å²) in [6.45, 7) is 0. The topological polar surface area (TPSA) is 6.48 Å². The van der Waals surface area contributed by atoms with Crippen molar-refractivity contribution in [1.29, 1.82) is 0 Å². The quantitative estimate of drug-likeness (QED) is 0.194. The molecule has 0 bridgehead atoms. The lowest BCUT2D eigenvalue weighted by Gasteiger charge is -2.27. The minimum Gasteiger partial charge on any atom is -0.345 e. The van der Waals surface area contributed by atoms with Gasteiger partial charge in [0.05, 0.1) is 0 Å². The minimum atomic E-state index is 1.11. The average molecular weight is 553 g/mol. The highest BCUT2D eigenvalue weighted by Crippen LogP contribution is 2.38. The summed E-state index contributed by atoms with van der Waals surface area (Å²) in [5.41, 5.74) is 10.5. The number of fused-ring (bicyclic) bond motifs is 1. The summed E-state index contributed by atoms with van der Waals surface area (Å²) in [6, 6.07) is 62.7. The van der Waals surface area contributed by atoms with E-state index in [1.807, 2.05) is 0 Å². The Morgan fingerprint density at radius 1 is 0.302 bits per heavy atom. The van der Waals surface area contributed by atoms with Crippen molar-refractivity contribution in [3.63, 3.8) is 0 Å². The molecule has 7 rings (SSSR count). The first-order valence-electron chi connectivity index (χ1n) is 14.7. The smallest absolute Gasteiger partial charge is 0.0468 e. The van der Waals surface area contributed by atoms with Crippen LogP contribution in [0.15, 0.2) is 176 Å². The molecule has 0 N–H and O–H groups in total. The molecule has 0 aliphatic rings. The van der Waals surface area contributed by atoms with Crippen LogP contribution in [0.3, 0.4) is 0 Å². The highest BCUT2D eigenvalue weighted by molar-refractivity contribution is 5.89. The minimum absolute atomic E-state index is 1.11. The maximum Gasteiger partial charge on any atom is 0.0468 e. The van der Waals surface area contributed by atoms with E-state index in [4.69, 9.17) is 0 Å². The summed E-state index contributed by atoms with van der Waals surface area (Å²) < 4.78 is 0. The molecule has 7 aromatic carbocycles. The second kappa shape index (κ2) is 11.7. The Balaban J connectivity index is 1.21. The molecule has 0 radical (unpaired) electrons. The number of rotatable bonds is 7. The van der Waals surface area contributed by atoms with Gasteiger partial charge in [0.2, 0.25) is 0 Å². The van der Waals surface area contributed by atoms with Crippen molar-refractivity contribution in [1.82, 2.24) is 0 Å². The molecule has 7 aromatic rings. The van der Waals surface area contributed by atoms with Crippen molar-refractivity contribution in [2.45, 2.75) is 0 Å².